The van der Waals surface area contributed by atoms with E-state index in [1.165, 1.54) is 11.3 Å². The van der Waals surface area contributed by atoms with E-state index in [1.807, 2.05) is 23.6 Å². The number of rotatable bonds is 5. The molecule has 1 aliphatic heterocycles. The number of carbonyl (C=O) groups excluding carboxylic acids is 3. The molecular formula is C17H14N2O3S2. The minimum atomic E-state index is -0.313. The first kappa shape index (κ1) is 16.5. The van der Waals surface area contributed by atoms with E-state index in [0.29, 0.717) is 10.5 Å². The molecule has 1 aromatic heterocycles. The lowest BCUT2D eigenvalue weighted by atomic mass is 10.2. The maximum atomic E-state index is 12.3. The summed E-state index contributed by atoms with van der Waals surface area (Å²) in [6, 6.07) is 12.6. The van der Waals surface area contributed by atoms with E-state index >= 15 is 0 Å². The Morgan fingerprint density at radius 3 is 2.62 bits per heavy atom. The van der Waals surface area contributed by atoms with E-state index in [-0.39, 0.29) is 30.1 Å². The first-order valence-corrected chi connectivity index (χ1v) is 8.97. The molecule has 1 aromatic carbocycles. The minimum absolute atomic E-state index is 0.158. The van der Waals surface area contributed by atoms with Gasteiger partial charge >= 0.3 is 0 Å². The fourth-order valence-electron chi connectivity index (χ4n) is 2.17. The van der Waals surface area contributed by atoms with E-state index in [2.05, 4.69) is 5.32 Å². The van der Waals surface area contributed by atoms with Gasteiger partial charge in [0.15, 0.2) is 0 Å². The van der Waals surface area contributed by atoms with Gasteiger partial charge in [0.1, 0.15) is 0 Å². The highest BCUT2D eigenvalue weighted by Gasteiger charge is 2.34. The summed E-state index contributed by atoms with van der Waals surface area (Å²) in [6.07, 6.45) is 1.72. The molecule has 1 saturated heterocycles. The van der Waals surface area contributed by atoms with Crippen LogP contribution in [0.2, 0.25) is 0 Å². The first-order chi connectivity index (χ1) is 11.6. The van der Waals surface area contributed by atoms with Crippen LogP contribution in [-0.2, 0) is 4.79 Å². The lowest BCUT2D eigenvalue weighted by molar-refractivity contribution is -0.122. The van der Waals surface area contributed by atoms with Gasteiger partial charge in [-0.15, -0.1) is 11.3 Å². The smallest absolute Gasteiger partial charge is 0.293 e. The van der Waals surface area contributed by atoms with Crippen molar-refractivity contribution in [2.75, 3.05) is 13.1 Å². The van der Waals surface area contributed by atoms with Crippen molar-refractivity contribution in [1.29, 1.82) is 0 Å². The average Bonchev–Trinajstić information content (AvgIpc) is 3.19. The summed E-state index contributed by atoms with van der Waals surface area (Å²) in [6.45, 7) is 0.378. The van der Waals surface area contributed by atoms with Gasteiger partial charge in [0.2, 0.25) is 0 Å². The van der Waals surface area contributed by atoms with Gasteiger partial charge in [-0.1, -0.05) is 24.3 Å². The van der Waals surface area contributed by atoms with Crippen LogP contribution in [-0.4, -0.2) is 35.0 Å². The van der Waals surface area contributed by atoms with Gasteiger partial charge in [-0.05, 0) is 41.4 Å². The molecule has 0 radical (unpaired) electrons. The Balaban J connectivity index is 1.57. The Morgan fingerprint density at radius 2 is 1.92 bits per heavy atom. The topological polar surface area (TPSA) is 66.5 Å². The zero-order valence-corrected chi connectivity index (χ0v) is 14.2. The second kappa shape index (κ2) is 7.46. The van der Waals surface area contributed by atoms with Gasteiger partial charge < -0.3 is 5.32 Å². The number of amides is 3. The van der Waals surface area contributed by atoms with E-state index in [1.54, 1.807) is 30.3 Å². The summed E-state index contributed by atoms with van der Waals surface area (Å²) >= 11 is 2.43. The van der Waals surface area contributed by atoms with Gasteiger partial charge in [0.05, 0.1) is 4.91 Å². The van der Waals surface area contributed by atoms with Crippen molar-refractivity contribution < 1.29 is 14.4 Å². The van der Waals surface area contributed by atoms with Crippen molar-refractivity contribution >= 4 is 46.2 Å². The lowest BCUT2D eigenvalue weighted by Crippen LogP contribution is -2.37. The summed E-state index contributed by atoms with van der Waals surface area (Å²) in [5, 5.41) is 4.32. The maximum absolute atomic E-state index is 12.3. The van der Waals surface area contributed by atoms with Crippen LogP contribution >= 0.6 is 23.1 Å². The van der Waals surface area contributed by atoms with E-state index in [0.717, 1.165) is 21.5 Å². The number of thioether (sulfide) groups is 1. The average molecular weight is 358 g/mol. The highest BCUT2D eigenvalue weighted by Crippen LogP contribution is 2.32. The lowest BCUT2D eigenvalue weighted by Gasteiger charge is -2.12. The fourth-order valence-corrected chi connectivity index (χ4v) is 3.76. The van der Waals surface area contributed by atoms with Gasteiger partial charge in [0, 0.05) is 23.5 Å². The molecular weight excluding hydrogens is 344 g/mol. The molecule has 3 rings (SSSR count). The number of hydrogen-bond acceptors (Lipinski definition) is 5. The Morgan fingerprint density at radius 1 is 1.12 bits per heavy atom. The van der Waals surface area contributed by atoms with Crippen LogP contribution < -0.4 is 5.32 Å². The number of thiophene rings is 1. The zero-order valence-electron chi connectivity index (χ0n) is 12.6. The molecule has 24 heavy (non-hydrogen) atoms. The van der Waals surface area contributed by atoms with Crippen molar-refractivity contribution in [1.82, 2.24) is 10.2 Å². The third kappa shape index (κ3) is 3.74. The molecule has 0 aliphatic carbocycles. The second-order valence-electron chi connectivity index (χ2n) is 4.97. The van der Waals surface area contributed by atoms with Gasteiger partial charge in [-0.3, -0.25) is 19.3 Å². The van der Waals surface area contributed by atoms with Crippen LogP contribution in [0, 0.1) is 0 Å². The Kier molecular flexibility index (Phi) is 5.12. The SMILES string of the molecule is O=C(NCCN1C(=O)S/C(=C\c2cccs2)C1=O)c1ccccc1. The summed E-state index contributed by atoms with van der Waals surface area (Å²) in [5.41, 5.74) is 0.546. The van der Waals surface area contributed by atoms with Crippen LogP contribution in [0.1, 0.15) is 15.2 Å². The van der Waals surface area contributed by atoms with Crippen LogP contribution in [0.25, 0.3) is 6.08 Å². The first-order valence-electron chi connectivity index (χ1n) is 7.27. The summed E-state index contributed by atoms with van der Waals surface area (Å²) in [7, 11) is 0. The van der Waals surface area contributed by atoms with Crippen molar-refractivity contribution in [2.45, 2.75) is 0 Å². The van der Waals surface area contributed by atoms with Crippen molar-refractivity contribution in [3.63, 3.8) is 0 Å². The molecule has 122 valence electrons. The predicted octanol–water partition coefficient (Wildman–Crippen LogP) is 3.21. The third-order valence-corrected chi connectivity index (χ3v) is 5.07. The highest BCUT2D eigenvalue weighted by molar-refractivity contribution is 8.18. The Bertz CT molecular complexity index is 785. The molecule has 0 saturated carbocycles. The molecule has 2 heterocycles. The van der Waals surface area contributed by atoms with E-state index in [9.17, 15) is 14.4 Å². The molecule has 0 bridgehead atoms. The summed E-state index contributed by atoms with van der Waals surface area (Å²) in [4.78, 5) is 38.7. The molecule has 5 nitrogen and oxygen atoms in total. The van der Waals surface area contributed by atoms with Gasteiger partial charge in [0.25, 0.3) is 17.1 Å². The summed E-state index contributed by atoms with van der Waals surface area (Å²) < 4.78 is 0. The van der Waals surface area contributed by atoms with E-state index in [4.69, 9.17) is 0 Å². The molecule has 1 aliphatic rings. The quantitative estimate of drug-likeness (QED) is 0.834. The predicted molar refractivity (Wildman–Crippen MR) is 95.8 cm³/mol. The monoisotopic (exact) mass is 358 g/mol. The fraction of sp³-hybridized carbons (Fsp3) is 0.118. The number of hydrogen-bond donors (Lipinski definition) is 1. The molecule has 0 spiro atoms. The Hall–Kier alpha value is -2.38. The standard InChI is InChI=1S/C17H14N2O3S2/c20-15(12-5-2-1-3-6-12)18-8-9-19-16(21)14(24-17(19)22)11-13-7-4-10-23-13/h1-7,10-11H,8-9H2,(H,18,20)/b14-11-. The zero-order chi connectivity index (χ0) is 16.9. The van der Waals surface area contributed by atoms with Crippen LogP contribution in [0.4, 0.5) is 4.79 Å². The highest BCUT2D eigenvalue weighted by atomic mass is 32.2. The molecule has 3 amide bonds. The molecule has 0 atom stereocenters. The normalized spacial score (nSPS) is 16.0. The molecule has 1 N–H and O–H groups in total. The Labute approximate surface area is 147 Å². The van der Waals surface area contributed by atoms with Crippen molar-refractivity contribution in [2.24, 2.45) is 0 Å². The second-order valence-corrected chi connectivity index (χ2v) is 6.94. The third-order valence-electron chi connectivity index (χ3n) is 3.35. The number of imide groups is 1. The van der Waals surface area contributed by atoms with Crippen LogP contribution in [0.15, 0.2) is 52.7 Å². The maximum Gasteiger partial charge on any atom is 0.293 e. The van der Waals surface area contributed by atoms with Gasteiger partial charge in [-0.2, -0.15) is 0 Å². The molecule has 7 heteroatoms. The van der Waals surface area contributed by atoms with Crippen molar-refractivity contribution in [3.05, 3.63) is 63.2 Å². The molecule has 0 unspecified atom stereocenters. The molecule has 1 fully saturated rings. The number of benzene rings is 1. The van der Waals surface area contributed by atoms with Gasteiger partial charge in [-0.25, -0.2) is 0 Å². The summed E-state index contributed by atoms with van der Waals surface area (Å²) in [5.74, 6) is -0.538. The van der Waals surface area contributed by atoms with Crippen molar-refractivity contribution in [3.8, 4) is 0 Å². The number of nitrogens with one attached hydrogen (secondary N) is 1. The van der Waals surface area contributed by atoms with Crippen LogP contribution in [0.5, 0.6) is 0 Å². The molecule has 2 aromatic rings. The number of nitrogens with zero attached hydrogens (tertiary/aromatic N) is 1. The number of carbonyl (C=O) groups is 3. The largest absolute Gasteiger partial charge is 0.350 e. The minimum Gasteiger partial charge on any atom is -0.350 e. The van der Waals surface area contributed by atoms with Crippen LogP contribution in [0.3, 0.4) is 0 Å². The van der Waals surface area contributed by atoms with E-state index < -0.39 is 0 Å².